The van der Waals surface area contributed by atoms with E-state index >= 15 is 0 Å². The molecule has 0 saturated carbocycles. The average Bonchev–Trinajstić information content (AvgIpc) is 2.72. The summed E-state index contributed by atoms with van der Waals surface area (Å²) < 4.78 is 0. The molecule has 0 aliphatic rings. The topological polar surface area (TPSA) is 72.4 Å². The Morgan fingerprint density at radius 3 is 2.47 bits per heavy atom. The quantitative estimate of drug-likeness (QED) is 0.591. The fraction of sp³-hybridized carbons (Fsp3) is 0.417. The van der Waals surface area contributed by atoms with Gasteiger partial charge < -0.3 is 20.1 Å². The van der Waals surface area contributed by atoms with Crippen molar-refractivity contribution in [2.45, 2.75) is 6.92 Å². The number of hydrogen-bond donors (Lipinski definition) is 3. The second kappa shape index (κ2) is 6.88. The first-order valence-corrected chi connectivity index (χ1v) is 5.58. The first kappa shape index (κ1) is 13.5. The molecule has 1 heterocycles. The molecule has 94 valence electrons. The number of allylic oxidation sites excluding steroid dienone is 1. The molecule has 0 radical (unpaired) electrons. The summed E-state index contributed by atoms with van der Waals surface area (Å²) in [5.41, 5.74) is 0. The monoisotopic (exact) mass is 237 g/mol. The molecule has 1 rings (SSSR count). The molecule has 17 heavy (non-hydrogen) atoms. The van der Waals surface area contributed by atoms with Crippen molar-refractivity contribution < 1.29 is 10.2 Å². The van der Waals surface area contributed by atoms with Gasteiger partial charge in [0.05, 0.1) is 23.9 Å². The fourth-order valence-electron chi connectivity index (χ4n) is 1.57. The van der Waals surface area contributed by atoms with Gasteiger partial charge in [-0.05, 0) is 13.0 Å². The smallest absolute Gasteiger partial charge is 0.203 e. The summed E-state index contributed by atoms with van der Waals surface area (Å²) in [6, 6.07) is 0. The van der Waals surface area contributed by atoms with E-state index in [9.17, 15) is 0 Å². The van der Waals surface area contributed by atoms with E-state index in [4.69, 9.17) is 10.2 Å². The van der Waals surface area contributed by atoms with E-state index in [1.165, 1.54) is 0 Å². The van der Waals surface area contributed by atoms with Crippen LogP contribution in [0.2, 0.25) is 0 Å². The molecule has 0 amide bonds. The maximum absolute atomic E-state index is 8.96. The number of H-pyrrole nitrogens is 1. The Bertz CT molecular complexity index is 459. The minimum Gasteiger partial charge on any atom is -0.395 e. The molecule has 5 heteroatoms. The number of rotatable bonds is 6. The Labute approximate surface area is 100 Å². The van der Waals surface area contributed by atoms with Gasteiger partial charge in [0.15, 0.2) is 0 Å². The van der Waals surface area contributed by atoms with Crippen molar-refractivity contribution in [3.63, 3.8) is 0 Å². The zero-order valence-electron chi connectivity index (χ0n) is 10.1. The second-order valence-electron chi connectivity index (χ2n) is 3.48. The van der Waals surface area contributed by atoms with E-state index in [1.807, 2.05) is 19.1 Å². The van der Waals surface area contributed by atoms with Crippen LogP contribution in [0.3, 0.4) is 0 Å². The van der Waals surface area contributed by atoms with Crippen LogP contribution in [0.15, 0.2) is 12.7 Å². The molecule has 0 fully saturated rings. The highest BCUT2D eigenvalue weighted by molar-refractivity contribution is 5.39. The zero-order valence-corrected chi connectivity index (χ0v) is 10.1. The predicted molar refractivity (Wildman–Crippen MR) is 69.0 cm³/mol. The Hall–Kier alpha value is -1.59. The van der Waals surface area contributed by atoms with Crippen molar-refractivity contribution in [2.75, 3.05) is 31.2 Å². The summed E-state index contributed by atoms with van der Waals surface area (Å²) in [6.45, 7) is 6.46. The first-order chi connectivity index (χ1) is 8.26. The molecule has 0 spiro atoms. The predicted octanol–water partition coefficient (Wildman–Crippen LogP) is -1.03. The molecule has 5 nitrogen and oxygen atoms in total. The third kappa shape index (κ3) is 3.44. The summed E-state index contributed by atoms with van der Waals surface area (Å²) in [4.78, 5) is 9.34. The number of aliphatic hydroxyl groups excluding tert-OH is 2. The number of hydrogen-bond acceptors (Lipinski definition) is 4. The summed E-state index contributed by atoms with van der Waals surface area (Å²) in [7, 11) is 0. The average molecular weight is 237 g/mol. The highest BCUT2D eigenvalue weighted by atomic mass is 16.3. The van der Waals surface area contributed by atoms with Gasteiger partial charge in [0.2, 0.25) is 5.95 Å². The van der Waals surface area contributed by atoms with Crippen LogP contribution in [0.1, 0.15) is 6.92 Å². The lowest BCUT2D eigenvalue weighted by Gasteiger charge is -2.19. The number of aromatic amines is 1. The maximum atomic E-state index is 8.96. The highest BCUT2D eigenvalue weighted by Gasteiger charge is 2.08. The summed E-state index contributed by atoms with van der Waals surface area (Å²) in [6.07, 6.45) is 5.42. The van der Waals surface area contributed by atoms with Crippen molar-refractivity contribution in [1.29, 1.82) is 0 Å². The molecular formula is C12H19N3O2. The fourth-order valence-corrected chi connectivity index (χ4v) is 1.57. The van der Waals surface area contributed by atoms with Gasteiger partial charge in [0, 0.05) is 13.1 Å². The molecular weight excluding hydrogens is 218 g/mol. The first-order valence-electron chi connectivity index (χ1n) is 5.58. The van der Waals surface area contributed by atoms with Crippen molar-refractivity contribution in [3.05, 3.63) is 23.4 Å². The van der Waals surface area contributed by atoms with Crippen LogP contribution in [0, 0.1) is 0 Å². The summed E-state index contributed by atoms with van der Waals surface area (Å²) >= 11 is 0. The molecule has 0 bridgehead atoms. The van der Waals surface area contributed by atoms with E-state index in [0.29, 0.717) is 19.0 Å². The molecule has 1 aromatic rings. The van der Waals surface area contributed by atoms with Gasteiger partial charge in [-0.15, -0.1) is 0 Å². The van der Waals surface area contributed by atoms with E-state index in [1.54, 1.807) is 11.0 Å². The third-order valence-electron chi connectivity index (χ3n) is 2.35. The lowest BCUT2D eigenvalue weighted by Crippen LogP contribution is -2.30. The molecule has 0 unspecified atom stereocenters. The van der Waals surface area contributed by atoms with Crippen LogP contribution >= 0.6 is 0 Å². The SMILES string of the molecule is C=C/C=c1/[nH]c(N(CCO)CCO)n/c1=C/C. The number of nitrogens with zero attached hydrogens (tertiary/aromatic N) is 2. The second-order valence-corrected chi connectivity index (χ2v) is 3.48. The minimum absolute atomic E-state index is 0.0202. The van der Waals surface area contributed by atoms with Gasteiger partial charge in [-0.25, -0.2) is 4.98 Å². The lowest BCUT2D eigenvalue weighted by atomic mass is 10.4. The van der Waals surface area contributed by atoms with E-state index in [-0.39, 0.29) is 13.2 Å². The van der Waals surface area contributed by atoms with Gasteiger partial charge in [-0.1, -0.05) is 18.7 Å². The normalized spacial score (nSPS) is 13.1. The van der Waals surface area contributed by atoms with Crippen LogP contribution in [0.4, 0.5) is 5.95 Å². The van der Waals surface area contributed by atoms with Gasteiger partial charge in [-0.3, -0.25) is 0 Å². The maximum Gasteiger partial charge on any atom is 0.203 e. The van der Waals surface area contributed by atoms with Crippen LogP contribution < -0.4 is 15.6 Å². The van der Waals surface area contributed by atoms with Crippen molar-refractivity contribution in [2.24, 2.45) is 0 Å². The molecule has 0 saturated heterocycles. The number of aromatic nitrogens is 2. The number of imidazole rings is 1. The number of aliphatic hydroxyl groups is 2. The molecule has 3 N–H and O–H groups in total. The summed E-state index contributed by atoms with van der Waals surface area (Å²) in [5.74, 6) is 0.648. The Morgan fingerprint density at radius 1 is 1.35 bits per heavy atom. The van der Waals surface area contributed by atoms with E-state index in [0.717, 1.165) is 10.7 Å². The Morgan fingerprint density at radius 2 is 2.00 bits per heavy atom. The molecule has 0 aromatic carbocycles. The third-order valence-corrected chi connectivity index (χ3v) is 2.35. The Balaban J connectivity index is 3.13. The van der Waals surface area contributed by atoms with Gasteiger partial charge in [-0.2, -0.15) is 0 Å². The molecule has 0 aliphatic heterocycles. The standard InChI is InChI=1S/C12H19N3O2/c1-3-5-11-10(4-2)13-12(14-11)15(6-8-16)7-9-17/h3-5,16-17H,1,6-9H2,2H3,(H,13,14)/b10-4+,11-5+. The lowest BCUT2D eigenvalue weighted by molar-refractivity contribution is 0.280. The molecule has 1 aromatic heterocycles. The number of anilines is 1. The van der Waals surface area contributed by atoms with E-state index in [2.05, 4.69) is 16.5 Å². The Kier molecular flexibility index (Phi) is 5.45. The minimum atomic E-state index is 0.0202. The summed E-state index contributed by atoms with van der Waals surface area (Å²) in [5, 5.41) is 19.6. The van der Waals surface area contributed by atoms with E-state index < -0.39 is 0 Å². The van der Waals surface area contributed by atoms with Gasteiger partial charge in [0.25, 0.3) is 0 Å². The van der Waals surface area contributed by atoms with Crippen molar-refractivity contribution in [3.8, 4) is 0 Å². The molecule has 0 aliphatic carbocycles. The van der Waals surface area contributed by atoms with Crippen molar-refractivity contribution in [1.82, 2.24) is 9.97 Å². The van der Waals surface area contributed by atoms with Crippen LogP contribution in [-0.2, 0) is 0 Å². The van der Waals surface area contributed by atoms with Gasteiger partial charge >= 0.3 is 0 Å². The molecule has 0 atom stereocenters. The van der Waals surface area contributed by atoms with Crippen molar-refractivity contribution >= 4 is 18.1 Å². The zero-order chi connectivity index (χ0) is 12.7. The van der Waals surface area contributed by atoms with Crippen LogP contribution in [-0.4, -0.2) is 46.5 Å². The number of nitrogens with one attached hydrogen (secondary N) is 1. The highest BCUT2D eigenvalue weighted by Crippen LogP contribution is 2.00. The largest absolute Gasteiger partial charge is 0.395 e. The van der Waals surface area contributed by atoms with Gasteiger partial charge in [0.1, 0.15) is 0 Å². The van der Waals surface area contributed by atoms with Crippen LogP contribution in [0.25, 0.3) is 12.2 Å². The van der Waals surface area contributed by atoms with Crippen LogP contribution in [0.5, 0.6) is 0 Å².